The summed E-state index contributed by atoms with van der Waals surface area (Å²) in [7, 11) is 3.14. The fraction of sp³-hybridized carbons (Fsp3) is 0.179. The summed E-state index contributed by atoms with van der Waals surface area (Å²) in [4.78, 5) is 27.2. The van der Waals surface area contributed by atoms with Gasteiger partial charge in [-0.3, -0.25) is 4.79 Å². The van der Waals surface area contributed by atoms with Crippen molar-refractivity contribution >= 4 is 39.7 Å². The largest absolute Gasteiger partial charge is 0.493 e. The van der Waals surface area contributed by atoms with Crippen molar-refractivity contribution in [2.45, 2.75) is 12.5 Å². The zero-order valence-electron chi connectivity index (χ0n) is 19.8. The quantitative estimate of drug-likeness (QED) is 0.315. The lowest BCUT2D eigenvalue weighted by molar-refractivity contribution is -0.136. The van der Waals surface area contributed by atoms with E-state index in [9.17, 15) is 9.59 Å². The smallest absolute Gasteiger partial charge is 0.339 e. The molecule has 8 heteroatoms. The van der Waals surface area contributed by atoms with Crippen LogP contribution in [0, 0.1) is 0 Å². The molecule has 4 aromatic rings. The molecule has 0 unspecified atom stereocenters. The Labute approximate surface area is 212 Å². The standard InChI is InChI=1S/C28H24N2O5S/c1-33-24-13-12-19(15-25(24)34-2)23-16-22(26-11-6-14-36-26)29-30(23)27(31)17-35-28(32)21-10-5-8-18-7-3-4-9-20(18)21/h3-15,23H,16-17H2,1-2H3/t23-/m1/s1. The predicted octanol–water partition coefficient (Wildman–Crippen LogP) is 5.45. The highest BCUT2D eigenvalue weighted by Crippen LogP contribution is 2.38. The normalized spacial score (nSPS) is 15.0. The van der Waals surface area contributed by atoms with Crippen LogP contribution in [-0.4, -0.2) is 43.4 Å². The van der Waals surface area contributed by atoms with Crippen LogP contribution < -0.4 is 9.47 Å². The number of ether oxygens (including phenoxy) is 3. The molecule has 1 aromatic heterocycles. The number of carbonyl (C=O) groups is 2. The summed E-state index contributed by atoms with van der Waals surface area (Å²) in [6.07, 6.45) is 0.527. The van der Waals surface area contributed by atoms with Gasteiger partial charge in [-0.25, -0.2) is 9.80 Å². The number of hydrogen-bond donors (Lipinski definition) is 0. The Morgan fingerprint density at radius 1 is 0.972 bits per heavy atom. The SMILES string of the molecule is COc1ccc([C@H]2CC(c3cccs3)=NN2C(=O)COC(=O)c2cccc3ccccc23)cc1OC. The van der Waals surface area contributed by atoms with Gasteiger partial charge in [-0.1, -0.05) is 48.5 Å². The minimum absolute atomic E-state index is 0.370. The lowest BCUT2D eigenvalue weighted by Crippen LogP contribution is -2.31. The van der Waals surface area contributed by atoms with Crippen LogP contribution in [0.15, 0.2) is 83.3 Å². The van der Waals surface area contributed by atoms with E-state index in [0.29, 0.717) is 23.5 Å². The second kappa shape index (κ2) is 10.2. The predicted molar refractivity (Wildman–Crippen MR) is 139 cm³/mol. The van der Waals surface area contributed by atoms with Gasteiger partial charge >= 0.3 is 5.97 Å². The van der Waals surface area contributed by atoms with Gasteiger partial charge in [-0.2, -0.15) is 5.10 Å². The number of nitrogens with zero attached hydrogens (tertiary/aromatic N) is 2. The number of carbonyl (C=O) groups excluding carboxylic acids is 2. The molecule has 0 fully saturated rings. The molecule has 7 nitrogen and oxygen atoms in total. The number of amides is 1. The minimum atomic E-state index is -0.551. The lowest BCUT2D eigenvalue weighted by atomic mass is 10.0. The van der Waals surface area contributed by atoms with Crippen LogP contribution in [0.25, 0.3) is 10.8 Å². The average Bonchev–Trinajstić information content (AvgIpc) is 3.61. The number of benzene rings is 3. The van der Waals surface area contributed by atoms with Gasteiger partial charge in [-0.15, -0.1) is 11.3 Å². The third-order valence-electron chi connectivity index (χ3n) is 6.10. The molecule has 182 valence electrons. The van der Waals surface area contributed by atoms with Crippen LogP contribution >= 0.6 is 11.3 Å². The molecular formula is C28H24N2O5S. The zero-order valence-corrected chi connectivity index (χ0v) is 20.7. The van der Waals surface area contributed by atoms with Crippen LogP contribution in [-0.2, 0) is 9.53 Å². The van der Waals surface area contributed by atoms with Gasteiger partial charge in [0.1, 0.15) is 0 Å². The van der Waals surface area contributed by atoms with Crippen molar-refractivity contribution < 1.29 is 23.8 Å². The third-order valence-corrected chi connectivity index (χ3v) is 7.02. The van der Waals surface area contributed by atoms with Gasteiger partial charge in [0.15, 0.2) is 18.1 Å². The van der Waals surface area contributed by atoms with E-state index in [1.165, 1.54) is 5.01 Å². The van der Waals surface area contributed by atoms with Gasteiger partial charge in [0.05, 0.1) is 36.4 Å². The lowest BCUT2D eigenvalue weighted by Gasteiger charge is -2.23. The number of fused-ring (bicyclic) bond motifs is 1. The summed E-state index contributed by atoms with van der Waals surface area (Å²) in [6.45, 7) is -0.424. The Hall–Kier alpha value is -4.17. The topological polar surface area (TPSA) is 77.4 Å². The van der Waals surface area contributed by atoms with Gasteiger partial charge < -0.3 is 14.2 Å². The highest BCUT2D eigenvalue weighted by Gasteiger charge is 2.34. The summed E-state index contributed by atoms with van der Waals surface area (Å²) < 4.78 is 16.3. The zero-order chi connectivity index (χ0) is 25.1. The molecule has 2 heterocycles. The summed E-state index contributed by atoms with van der Waals surface area (Å²) in [5, 5.41) is 9.72. The Morgan fingerprint density at radius 3 is 2.56 bits per heavy atom. The Balaban J connectivity index is 1.39. The van der Waals surface area contributed by atoms with Crippen LogP contribution in [0.3, 0.4) is 0 Å². The molecule has 0 bridgehead atoms. The second-order valence-electron chi connectivity index (χ2n) is 8.20. The summed E-state index contributed by atoms with van der Waals surface area (Å²) in [6, 6.07) is 22.1. The maximum Gasteiger partial charge on any atom is 0.339 e. The minimum Gasteiger partial charge on any atom is -0.493 e. The average molecular weight is 501 g/mol. The summed E-state index contributed by atoms with van der Waals surface area (Å²) in [5.41, 5.74) is 2.07. The van der Waals surface area contributed by atoms with E-state index in [2.05, 4.69) is 5.10 Å². The summed E-state index contributed by atoms with van der Waals surface area (Å²) >= 11 is 1.56. The van der Waals surface area contributed by atoms with Crippen molar-refractivity contribution in [1.29, 1.82) is 0 Å². The van der Waals surface area contributed by atoms with Crippen LogP contribution in [0.1, 0.15) is 33.3 Å². The summed E-state index contributed by atoms with van der Waals surface area (Å²) in [5.74, 6) is 0.203. The maximum atomic E-state index is 13.3. The van der Waals surface area contributed by atoms with E-state index in [4.69, 9.17) is 14.2 Å². The highest BCUT2D eigenvalue weighted by molar-refractivity contribution is 7.12. The van der Waals surface area contributed by atoms with Crippen molar-refractivity contribution in [3.05, 3.63) is 94.2 Å². The molecule has 0 saturated heterocycles. The van der Waals surface area contributed by atoms with E-state index < -0.39 is 18.5 Å². The van der Waals surface area contributed by atoms with Gasteiger partial charge in [0, 0.05) is 6.42 Å². The van der Waals surface area contributed by atoms with E-state index in [1.54, 1.807) is 43.8 Å². The number of thiophene rings is 1. The highest BCUT2D eigenvalue weighted by atomic mass is 32.1. The third kappa shape index (κ3) is 4.55. The molecular weight excluding hydrogens is 476 g/mol. The van der Waals surface area contributed by atoms with E-state index in [-0.39, 0.29) is 6.04 Å². The fourth-order valence-corrected chi connectivity index (χ4v) is 5.05. The van der Waals surface area contributed by atoms with E-state index >= 15 is 0 Å². The first-order chi connectivity index (χ1) is 17.6. The first-order valence-electron chi connectivity index (χ1n) is 11.4. The monoisotopic (exact) mass is 500 g/mol. The Morgan fingerprint density at radius 2 is 1.78 bits per heavy atom. The fourth-order valence-electron chi connectivity index (χ4n) is 4.33. The molecule has 0 saturated carbocycles. The van der Waals surface area contributed by atoms with Gasteiger partial charge in [-0.05, 0) is 46.0 Å². The molecule has 0 N–H and O–H groups in total. The number of hydrogen-bond acceptors (Lipinski definition) is 7. The van der Waals surface area contributed by atoms with Crippen molar-refractivity contribution in [2.75, 3.05) is 20.8 Å². The van der Waals surface area contributed by atoms with Crippen LogP contribution in [0.5, 0.6) is 11.5 Å². The van der Waals surface area contributed by atoms with Gasteiger partial charge in [0.25, 0.3) is 5.91 Å². The molecule has 0 aliphatic carbocycles. The van der Waals surface area contributed by atoms with Crippen molar-refractivity contribution in [3.63, 3.8) is 0 Å². The Kier molecular flexibility index (Phi) is 6.69. The molecule has 0 spiro atoms. The number of rotatable bonds is 7. The number of esters is 1. The second-order valence-corrected chi connectivity index (χ2v) is 9.15. The van der Waals surface area contributed by atoms with Gasteiger partial charge in [0.2, 0.25) is 0 Å². The van der Waals surface area contributed by atoms with Crippen molar-refractivity contribution in [2.24, 2.45) is 5.10 Å². The molecule has 5 rings (SSSR count). The molecule has 1 atom stereocenters. The number of hydrazone groups is 1. The van der Waals surface area contributed by atoms with Crippen molar-refractivity contribution in [1.82, 2.24) is 5.01 Å². The molecule has 1 aliphatic heterocycles. The molecule has 36 heavy (non-hydrogen) atoms. The maximum absolute atomic E-state index is 13.3. The molecule has 1 amide bonds. The molecule has 1 aliphatic rings. The van der Waals surface area contributed by atoms with Crippen LogP contribution in [0.4, 0.5) is 0 Å². The Bertz CT molecular complexity index is 1440. The van der Waals surface area contributed by atoms with Crippen LogP contribution in [0.2, 0.25) is 0 Å². The molecule has 0 radical (unpaired) electrons. The number of methoxy groups -OCH3 is 2. The first kappa shape index (κ1) is 23.6. The first-order valence-corrected chi connectivity index (χ1v) is 12.3. The van der Waals surface area contributed by atoms with E-state index in [0.717, 1.165) is 26.9 Å². The molecule has 3 aromatic carbocycles. The van der Waals surface area contributed by atoms with E-state index in [1.807, 2.05) is 60.0 Å². The van der Waals surface area contributed by atoms with Crippen molar-refractivity contribution in [3.8, 4) is 11.5 Å².